The maximum Gasteiger partial charge on any atom is 0.321 e. The van der Waals surface area contributed by atoms with Crippen LogP contribution in [0.25, 0.3) is 0 Å². The second-order valence-electron chi connectivity index (χ2n) is 6.13. The summed E-state index contributed by atoms with van der Waals surface area (Å²) in [5.74, 6) is 0.670. The first kappa shape index (κ1) is 16.6. The Labute approximate surface area is 132 Å². The monoisotopic (exact) mass is 306 g/mol. The van der Waals surface area contributed by atoms with Crippen LogP contribution >= 0.6 is 0 Å². The molecule has 0 saturated carbocycles. The minimum Gasteiger partial charge on any atom is -0.495 e. The molecule has 22 heavy (non-hydrogen) atoms. The molecular formula is C17H26N2O3. The number of urea groups is 1. The van der Waals surface area contributed by atoms with Crippen LogP contribution in [0.1, 0.15) is 31.7 Å². The highest BCUT2D eigenvalue weighted by molar-refractivity contribution is 5.91. The van der Waals surface area contributed by atoms with Crippen molar-refractivity contribution >= 4 is 11.7 Å². The smallest absolute Gasteiger partial charge is 0.321 e. The summed E-state index contributed by atoms with van der Waals surface area (Å²) < 4.78 is 5.32. The molecule has 0 bridgehead atoms. The summed E-state index contributed by atoms with van der Waals surface area (Å²) in [6.07, 6.45) is 2.64. The third kappa shape index (κ3) is 3.53. The number of hydrogen-bond donors (Lipinski definition) is 2. The van der Waals surface area contributed by atoms with Gasteiger partial charge in [-0.2, -0.15) is 0 Å². The number of piperidine rings is 1. The normalized spacial score (nSPS) is 17.2. The van der Waals surface area contributed by atoms with Gasteiger partial charge in [-0.15, -0.1) is 0 Å². The minimum atomic E-state index is -0.107. The van der Waals surface area contributed by atoms with E-state index in [4.69, 9.17) is 4.74 Å². The summed E-state index contributed by atoms with van der Waals surface area (Å²) in [6, 6.07) is 5.60. The number of likely N-dealkylation sites (tertiary alicyclic amines) is 1. The molecular weight excluding hydrogens is 280 g/mol. The van der Waals surface area contributed by atoms with E-state index in [1.165, 1.54) is 0 Å². The molecule has 5 heteroatoms. The number of anilines is 1. The van der Waals surface area contributed by atoms with Gasteiger partial charge in [-0.1, -0.05) is 13.0 Å². The molecule has 1 saturated heterocycles. The number of benzene rings is 1. The highest BCUT2D eigenvalue weighted by atomic mass is 16.5. The lowest BCUT2D eigenvalue weighted by Crippen LogP contribution is -2.46. The zero-order valence-electron chi connectivity index (χ0n) is 13.7. The van der Waals surface area contributed by atoms with Crippen LogP contribution in [-0.2, 0) is 0 Å². The fourth-order valence-corrected chi connectivity index (χ4v) is 2.90. The van der Waals surface area contributed by atoms with Crippen molar-refractivity contribution < 1.29 is 14.6 Å². The molecule has 5 nitrogen and oxygen atoms in total. The molecule has 2 rings (SSSR count). The van der Waals surface area contributed by atoms with Crippen molar-refractivity contribution in [2.24, 2.45) is 5.41 Å². The molecule has 0 aromatic heterocycles. The lowest BCUT2D eigenvalue weighted by atomic mass is 9.77. The number of carbonyl (C=O) groups is 1. The van der Waals surface area contributed by atoms with Gasteiger partial charge in [0.2, 0.25) is 0 Å². The molecule has 1 aliphatic rings. The molecule has 0 unspecified atom stereocenters. The van der Waals surface area contributed by atoms with E-state index in [1.54, 1.807) is 7.11 Å². The van der Waals surface area contributed by atoms with Gasteiger partial charge in [0.15, 0.2) is 0 Å². The van der Waals surface area contributed by atoms with Gasteiger partial charge in [-0.3, -0.25) is 0 Å². The lowest BCUT2D eigenvalue weighted by molar-refractivity contribution is 0.0542. The first-order valence-electron chi connectivity index (χ1n) is 7.85. The predicted octanol–water partition coefficient (Wildman–Crippen LogP) is 3.02. The van der Waals surface area contributed by atoms with Crippen molar-refractivity contribution in [1.82, 2.24) is 4.90 Å². The number of nitrogens with one attached hydrogen (secondary N) is 1. The largest absolute Gasteiger partial charge is 0.495 e. The Morgan fingerprint density at radius 2 is 2.09 bits per heavy atom. The summed E-state index contributed by atoms with van der Waals surface area (Å²) in [4.78, 5) is 14.2. The average molecular weight is 306 g/mol. The van der Waals surface area contributed by atoms with Crippen molar-refractivity contribution in [2.45, 2.75) is 33.1 Å². The molecule has 0 aliphatic carbocycles. The first-order chi connectivity index (χ1) is 10.5. The van der Waals surface area contributed by atoms with E-state index in [2.05, 4.69) is 12.2 Å². The number of ether oxygens (including phenoxy) is 1. The summed E-state index contributed by atoms with van der Waals surface area (Å²) >= 11 is 0. The van der Waals surface area contributed by atoms with E-state index in [-0.39, 0.29) is 18.1 Å². The Kier molecular flexibility index (Phi) is 5.29. The number of methoxy groups -OCH3 is 1. The van der Waals surface area contributed by atoms with Crippen molar-refractivity contribution in [2.75, 3.05) is 32.1 Å². The zero-order chi connectivity index (χ0) is 16.2. The van der Waals surface area contributed by atoms with E-state index >= 15 is 0 Å². The highest BCUT2D eigenvalue weighted by Crippen LogP contribution is 2.34. The Morgan fingerprint density at radius 3 is 2.64 bits per heavy atom. The SMILES string of the molecule is CCC1(CO)CCN(C(=O)Nc2ccc(C)cc2OC)CC1. The van der Waals surface area contributed by atoms with Gasteiger partial charge in [0.1, 0.15) is 5.75 Å². The van der Waals surface area contributed by atoms with E-state index in [1.807, 2.05) is 30.0 Å². The minimum absolute atomic E-state index is 0.0155. The van der Waals surface area contributed by atoms with Crippen LogP contribution < -0.4 is 10.1 Å². The van der Waals surface area contributed by atoms with E-state index in [9.17, 15) is 9.90 Å². The molecule has 0 radical (unpaired) electrons. The molecule has 122 valence electrons. The van der Waals surface area contributed by atoms with Crippen LogP contribution in [0.3, 0.4) is 0 Å². The Balaban J connectivity index is 1.99. The van der Waals surface area contributed by atoms with Gasteiger partial charge < -0.3 is 20.1 Å². The molecule has 2 amide bonds. The van der Waals surface area contributed by atoms with Gasteiger partial charge in [0, 0.05) is 19.7 Å². The van der Waals surface area contributed by atoms with E-state index in [0.29, 0.717) is 24.5 Å². The third-order valence-corrected chi connectivity index (χ3v) is 4.80. The maximum absolute atomic E-state index is 12.4. The maximum atomic E-state index is 12.4. The summed E-state index contributed by atoms with van der Waals surface area (Å²) in [7, 11) is 1.60. The van der Waals surface area contributed by atoms with Gasteiger partial charge in [-0.05, 0) is 49.3 Å². The van der Waals surface area contributed by atoms with Crippen LogP contribution in [0.15, 0.2) is 18.2 Å². The van der Waals surface area contributed by atoms with E-state index in [0.717, 1.165) is 24.8 Å². The van der Waals surface area contributed by atoms with Crippen molar-refractivity contribution in [1.29, 1.82) is 0 Å². The molecule has 1 heterocycles. The number of hydrogen-bond acceptors (Lipinski definition) is 3. The fourth-order valence-electron chi connectivity index (χ4n) is 2.90. The van der Waals surface area contributed by atoms with Crippen molar-refractivity contribution in [3.63, 3.8) is 0 Å². The molecule has 2 N–H and O–H groups in total. The van der Waals surface area contributed by atoms with Crippen LogP contribution in [0.4, 0.5) is 10.5 Å². The van der Waals surface area contributed by atoms with Crippen molar-refractivity contribution in [3.8, 4) is 5.75 Å². The molecule has 0 atom stereocenters. The molecule has 1 fully saturated rings. The number of aliphatic hydroxyl groups is 1. The Bertz CT molecular complexity index is 517. The molecule has 0 spiro atoms. The standard InChI is InChI=1S/C17H26N2O3/c1-4-17(12-20)7-9-19(10-8-17)16(21)18-14-6-5-13(2)11-15(14)22-3/h5-6,11,20H,4,7-10,12H2,1-3H3,(H,18,21). The number of carbonyl (C=O) groups excluding carboxylic acids is 1. The predicted molar refractivity (Wildman–Crippen MR) is 87.4 cm³/mol. The fraction of sp³-hybridized carbons (Fsp3) is 0.588. The first-order valence-corrected chi connectivity index (χ1v) is 7.85. The second-order valence-corrected chi connectivity index (χ2v) is 6.13. The number of nitrogens with zero attached hydrogens (tertiary/aromatic N) is 1. The third-order valence-electron chi connectivity index (χ3n) is 4.80. The van der Waals surface area contributed by atoms with Gasteiger partial charge >= 0.3 is 6.03 Å². The van der Waals surface area contributed by atoms with Gasteiger partial charge in [0.25, 0.3) is 0 Å². The van der Waals surface area contributed by atoms with Crippen LogP contribution in [0.2, 0.25) is 0 Å². The topological polar surface area (TPSA) is 61.8 Å². The number of aryl methyl sites for hydroxylation is 1. The van der Waals surface area contributed by atoms with Crippen LogP contribution in [0, 0.1) is 12.3 Å². The quantitative estimate of drug-likeness (QED) is 0.899. The van der Waals surface area contributed by atoms with Gasteiger partial charge in [0.05, 0.1) is 12.8 Å². The van der Waals surface area contributed by atoms with Gasteiger partial charge in [-0.25, -0.2) is 4.79 Å². The number of rotatable bonds is 4. The summed E-state index contributed by atoms with van der Waals surface area (Å²) in [6.45, 7) is 5.63. The number of amides is 2. The zero-order valence-corrected chi connectivity index (χ0v) is 13.7. The van der Waals surface area contributed by atoms with Crippen LogP contribution in [-0.4, -0.2) is 42.8 Å². The average Bonchev–Trinajstić information content (AvgIpc) is 2.56. The second kappa shape index (κ2) is 7.01. The van der Waals surface area contributed by atoms with Crippen LogP contribution in [0.5, 0.6) is 5.75 Å². The van der Waals surface area contributed by atoms with E-state index < -0.39 is 0 Å². The lowest BCUT2D eigenvalue weighted by Gasteiger charge is -2.40. The summed E-state index contributed by atoms with van der Waals surface area (Å²) in [5, 5.41) is 12.5. The number of aliphatic hydroxyl groups excluding tert-OH is 1. The highest BCUT2D eigenvalue weighted by Gasteiger charge is 2.34. The molecule has 1 aromatic carbocycles. The Morgan fingerprint density at radius 1 is 1.41 bits per heavy atom. The van der Waals surface area contributed by atoms with Crippen molar-refractivity contribution in [3.05, 3.63) is 23.8 Å². The molecule has 1 aliphatic heterocycles. The molecule has 1 aromatic rings. The Hall–Kier alpha value is -1.75. The summed E-state index contributed by atoms with van der Waals surface area (Å²) in [5.41, 5.74) is 1.76.